The molecule has 1 aromatic carbocycles. The third kappa shape index (κ3) is 1.68. The zero-order valence-corrected chi connectivity index (χ0v) is 8.42. The summed E-state index contributed by atoms with van der Waals surface area (Å²) < 4.78 is 12.9. The minimum Gasteiger partial charge on any atom is -0.338 e. The summed E-state index contributed by atoms with van der Waals surface area (Å²) in [6.45, 7) is 5.60. The van der Waals surface area contributed by atoms with Crippen molar-refractivity contribution in [3.05, 3.63) is 48.6 Å². The third-order valence-corrected chi connectivity index (χ3v) is 2.25. The minimum atomic E-state index is -0.265. The number of halogens is 1. The number of hydrogen-bond acceptors (Lipinski definition) is 1. The fraction of sp³-hybridized carbons (Fsp3) is 0.0833. The zero-order chi connectivity index (χ0) is 10.8. The summed E-state index contributed by atoms with van der Waals surface area (Å²) in [5.41, 5.74) is 2.37. The maximum absolute atomic E-state index is 12.9. The highest BCUT2D eigenvalue weighted by Gasteiger charge is 2.05. The molecule has 1 N–H and O–H groups in total. The zero-order valence-electron chi connectivity index (χ0n) is 8.42. The molecule has 0 fully saturated rings. The number of imidazole rings is 1. The molecule has 0 bridgehead atoms. The first-order valence-corrected chi connectivity index (χ1v) is 4.69. The second-order valence-electron chi connectivity index (χ2n) is 3.20. The van der Waals surface area contributed by atoms with Crippen LogP contribution in [0.15, 0.2) is 36.9 Å². The van der Waals surface area contributed by atoms with E-state index in [1.165, 1.54) is 12.1 Å². The van der Waals surface area contributed by atoms with Crippen LogP contribution in [0.4, 0.5) is 4.39 Å². The molecule has 2 aromatic rings. The number of aromatic amines is 1. The van der Waals surface area contributed by atoms with Gasteiger partial charge in [0.15, 0.2) is 0 Å². The van der Waals surface area contributed by atoms with E-state index in [1.807, 2.05) is 13.0 Å². The number of aromatic nitrogens is 2. The third-order valence-electron chi connectivity index (χ3n) is 2.25. The molecule has 1 heterocycles. The van der Waals surface area contributed by atoms with Crippen molar-refractivity contribution >= 4 is 16.6 Å². The summed E-state index contributed by atoms with van der Waals surface area (Å²) in [5.74, 6) is 0.450. The van der Waals surface area contributed by atoms with Gasteiger partial charge in [0.05, 0.1) is 11.0 Å². The lowest BCUT2D eigenvalue weighted by Crippen LogP contribution is -1.81. The first-order valence-electron chi connectivity index (χ1n) is 4.69. The van der Waals surface area contributed by atoms with Gasteiger partial charge in [0.1, 0.15) is 11.6 Å². The first kappa shape index (κ1) is 9.65. The summed E-state index contributed by atoms with van der Waals surface area (Å²) in [4.78, 5) is 7.38. The van der Waals surface area contributed by atoms with E-state index in [0.29, 0.717) is 11.3 Å². The molecule has 15 heavy (non-hydrogen) atoms. The van der Waals surface area contributed by atoms with Gasteiger partial charge < -0.3 is 4.98 Å². The molecule has 0 radical (unpaired) electrons. The molecule has 3 heteroatoms. The largest absolute Gasteiger partial charge is 0.338 e. The van der Waals surface area contributed by atoms with Gasteiger partial charge in [-0.05, 0) is 25.1 Å². The average Bonchev–Trinajstić information content (AvgIpc) is 2.62. The normalized spacial score (nSPS) is 12.0. The molecule has 0 spiro atoms. The van der Waals surface area contributed by atoms with Gasteiger partial charge in [0.2, 0.25) is 0 Å². The first-order chi connectivity index (χ1) is 7.24. The number of nitrogens with one attached hydrogen (secondary N) is 1. The SMILES string of the molecule is C=C/C(=C\C)c1nc2ccc(F)cc2[nH]1. The molecule has 2 rings (SSSR count). The summed E-state index contributed by atoms with van der Waals surface area (Å²) in [6.07, 6.45) is 3.62. The number of hydrogen-bond donors (Lipinski definition) is 1. The van der Waals surface area contributed by atoms with E-state index < -0.39 is 0 Å². The minimum absolute atomic E-state index is 0.265. The van der Waals surface area contributed by atoms with Crippen LogP contribution in [0.25, 0.3) is 16.6 Å². The summed E-state index contributed by atoms with van der Waals surface area (Å²) in [6, 6.07) is 4.49. The van der Waals surface area contributed by atoms with Crippen LogP contribution in [0.2, 0.25) is 0 Å². The fourth-order valence-electron chi connectivity index (χ4n) is 1.47. The molecule has 0 unspecified atom stereocenters. The van der Waals surface area contributed by atoms with Crippen molar-refractivity contribution in [2.75, 3.05) is 0 Å². The maximum atomic E-state index is 12.9. The Morgan fingerprint density at radius 1 is 1.53 bits per heavy atom. The number of rotatable bonds is 2. The number of nitrogens with zero attached hydrogens (tertiary/aromatic N) is 1. The lowest BCUT2D eigenvalue weighted by molar-refractivity contribution is 0.629. The maximum Gasteiger partial charge on any atom is 0.138 e. The number of allylic oxidation sites excluding steroid dienone is 3. The molecule has 0 aliphatic rings. The van der Waals surface area contributed by atoms with Gasteiger partial charge >= 0.3 is 0 Å². The van der Waals surface area contributed by atoms with E-state index in [1.54, 1.807) is 12.1 Å². The van der Waals surface area contributed by atoms with Crippen molar-refractivity contribution in [2.45, 2.75) is 6.92 Å². The quantitative estimate of drug-likeness (QED) is 0.744. The predicted octanol–water partition coefficient (Wildman–Crippen LogP) is 3.29. The van der Waals surface area contributed by atoms with E-state index in [4.69, 9.17) is 0 Å². The van der Waals surface area contributed by atoms with E-state index in [2.05, 4.69) is 16.5 Å². The Morgan fingerprint density at radius 2 is 2.33 bits per heavy atom. The highest BCUT2D eigenvalue weighted by atomic mass is 19.1. The molecule has 0 saturated carbocycles. The number of H-pyrrole nitrogens is 1. The molecule has 0 amide bonds. The smallest absolute Gasteiger partial charge is 0.138 e. The van der Waals surface area contributed by atoms with Crippen LogP contribution in [0.3, 0.4) is 0 Å². The molecular weight excluding hydrogens is 191 g/mol. The topological polar surface area (TPSA) is 28.7 Å². The van der Waals surface area contributed by atoms with Crippen LogP contribution < -0.4 is 0 Å². The highest BCUT2D eigenvalue weighted by molar-refractivity contribution is 5.80. The van der Waals surface area contributed by atoms with Crippen LogP contribution in [0, 0.1) is 5.82 Å². The second kappa shape index (κ2) is 3.69. The van der Waals surface area contributed by atoms with Gasteiger partial charge in [-0.15, -0.1) is 0 Å². The Kier molecular flexibility index (Phi) is 2.37. The van der Waals surface area contributed by atoms with E-state index in [-0.39, 0.29) is 5.82 Å². The van der Waals surface area contributed by atoms with Crippen LogP contribution in [0.1, 0.15) is 12.7 Å². The van der Waals surface area contributed by atoms with Crippen molar-refractivity contribution in [1.29, 1.82) is 0 Å². The Balaban J connectivity index is 2.61. The van der Waals surface area contributed by atoms with Gasteiger partial charge in [0.25, 0.3) is 0 Å². The average molecular weight is 202 g/mol. The summed E-state index contributed by atoms with van der Waals surface area (Å²) in [7, 11) is 0. The van der Waals surface area contributed by atoms with Crippen molar-refractivity contribution in [3.63, 3.8) is 0 Å². The number of fused-ring (bicyclic) bond motifs is 1. The lowest BCUT2D eigenvalue weighted by atomic mass is 10.2. The van der Waals surface area contributed by atoms with Crippen molar-refractivity contribution < 1.29 is 4.39 Å². The van der Waals surface area contributed by atoms with Gasteiger partial charge in [-0.1, -0.05) is 18.7 Å². The molecule has 0 atom stereocenters. The summed E-state index contributed by atoms with van der Waals surface area (Å²) in [5, 5.41) is 0. The number of benzene rings is 1. The molecule has 0 aliphatic heterocycles. The van der Waals surface area contributed by atoms with Crippen molar-refractivity contribution in [1.82, 2.24) is 9.97 Å². The Labute approximate surface area is 87.2 Å². The molecule has 0 aliphatic carbocycles. The molecule has 2 nitrogen and oxygen atoms in total. The van der Waals surface area contributed by atoms with Crippen molar-refractivity contribution in [3.8, 4) is 0 Å². The Bertz CT molecular complexity index is 538. The monoisotopic (exact) mass is 202 g/mol. The Hall–Kier alpha value is -1.90. The van der Waals surface area contributed by atoms with Gasteiger partial charge in [-0.2, -0.15) is 0 Å². The molecule has 76 valence electrons. The van der Waals surface area contributed by atoms with Crippen LogP contribution >= 0.6 is 0 Å². The standard InChI is InChI=1S/C12H11FN2/c1-3-8(4-2)12-14-10-6-5-9(13)7-11(10)15-12/h3-7H,1H2,2H3,(H,14,15)/b8-4+. The van der Waals surface area contributed by atoms with Crippen LogP contribution in [-0.4, -0.2) is 9.97 Å². The highest BCUT2D eigenvalue weighted by Crippen LogP contribution is 2.18. The molecule has 1 aromatic heterocycles. The van der Waals surface area contributed by atoms with Gasteiger partial charge in [-0.3, -0.25) is 0 Å². The predicted molar refractivity (Wildman–Crippen MR) is 59.9 cm³/mol. The van der Waals surface area contributed by atoms with Gasteiger partial charge in [0, 0.05) is 5.57 Å². The van der Waals surface area contributed by atoms with Crippen molar-refractivity contribution in [2.24, 2.45) is 0 Å². The van der Waals surface area contributed by atoms with E-state index in [0.717, 1.165) is 11.1 Å². The van der Waals surface area contributed by atoms with E-state index in [9.17, 15) is 4.39 Å². The molecule has 0 saturated heterocycles. The van der Waals surface area contributed by atoms with E-state index >= 15 is 0 Å². The Morgan fingerprint density at radius 3 is 3.00 bits per heavy atom. The van der Waals surface area contributed by atoms with Crippen LogP contribution in [-0.2, 0) is 0 Å². The van der Waals surface area contributed by atoms with Gasteiger partial charge in [-0.25, -0.2) is 9.37 Å². The summed E-state index contributed by atoms with van der Waals surface area (Å²) >= 11 is 0. The molecular formula is C12H11FN2. The van der Waals surface area contributed by atoms with Crippen LogP contribution in [0.5, 0.6) is 0 Å². The fourth-order valence-corrected chi connectivity index (χ4v) is 1.47. The second-order valence-corrected chi connectivity index (χ2v) is 3.20. The lowest BCUT2D eigenvalue weighted by Gasteiger charge is -1.92.